The smallest absolute Gasteiger partial charge is 0.193 e. The van der Waals surface area contributed by atoms with Crippen LogP contribution >= 0.6 is 0 Å². The first-order valence-electron chi connectivity index (χ1n) is 8.97. The highest BCUT2D eigenvalue weighted by atomic mass is 16.5. The average molecular weight is 331 g/mol. The van der Waals surface area contributed by atoms with Crippen molar-refractivity contribution in [2.45, 2.75) is 32.1 Å². The quantitative estimate of drug-likeness (QED) is 0.495. The number of methoxy groups -OCH3 is 1. The third-order valence-corrected chi connectivity index (χ3v) is 5.28. The molecule has 1 heterocycles. The predicted molar refractivity (Wildman–Crippen MR) is 96.9 cm³/mol. The van der Waals surface area contributed by atoms with Crippen LogP contribution in [0, 0.1) is 5.41 Å². The lowest BCUT2D eigenvalue weighted by molar-refractivity contribution is 0.151. The number of hydrogen-bond acceptors (Lipinski definition) is 3. The second kappa shape index (κ2) is 7.77. The number of hydrogen-bond donors (Lipinski definition) is 1. The van der Waals surface area contributed by atoms with Crippen molar-refractivity contribution < 1.29 is 9.47 Å². The molecular formula is C19H29N3O2. The van der Waals surface area contributed by atoms with Crippen LogP contribution in [0.2, 0.25) is 0 Å². The van der Waals surface area contributed by atoms with Gasteiger partial charge >= 0.3 is 0 Å². The lowest BCUT2D eigenvalue weighted by Gasteiger charge is -2.38. The summed E-state index contributed by atoms with van der Waals surface area (Å²) in [5, 5.41) is 3.48. The molecule has 132 valence electrons. The molecule has 24 heavy (non-hydrogen) atoms. The third-order valence-electron chi connectivity index (χ3n) is 5.28. The Bertz CT molecular complexity index is 569. The first-order valence-corrected chi connectivity index (χ1v) is 8.97. The van der Waals surface area contributed by atoms with Crippen LogP contribution in [0.5, 0.6) is 11.5 Å². The van der Waals surface area contributed by atoms with E-state index in [4.69, 9.17) is 9.47 Å². The maximum atomic E-state index is 5.78. The van der Waals surface area contributed by atoms with Gasteiger partial charge in [0.05, 0.1) is 13.7 Å². The first kappa shape index (κ1) is 16.9. The molecule has 0 unspecified atom stereocenters. The summed E-state index contributed by atoms with van der Waals surface area (Å²) in [5.74, 6) is 2.72. The van der Waals surface area contributed by atoms with E-state index in [1.165, 1.54) is 32.2 Å². The molecule has 1 spiro atoms. The summed E-state index contributed by atoms with van der Waals surface area (Å²) in [6, 6.07) is 7.73. The lowest BCUT2D eigenvalue weighted by Crippen LogP contribution is -2.43. The van der Waals surface area contributed by atoms with Crippen molar-refractivity contribution in [3.8, 4) is 11.5 Å². The van der Waals surface area contributed by atoms with Gasteiger partial charge in [-0.15, -0.1) is 0 Å². The Kier molecular flexibility index (Phi) is 5.48. The fourth-order valence-electron chi connectivity index (χ4n) is 3.69. The molecule has 0 aromatic heterocycles. The van der Waals surface area contributed by atoms with Gasteiger partial charge < -0.3 is 19.7 Å². The van der Waals surface area contributed by atoms with Crippen molar-refractivity contribution in [2.75, 3.05) is 40.4 Å². The van der Waals surface area contributed by atoms with Gasteiger partial charge in [0, 0.05) is 32.7 Å². The Morgan fingerprint density at radius 1 is 1.29 bits per heavy atom. The van der Waals surface area contributed by atoms with E-state index < -0.39 is 0 Å². The number of benzene rings is 1. The Hall–Kier alpha value is -1.91. The molecular weight excluding hydrogens is 302 g/mol. The molecule has 0 amide bonds. The van der Waals surface area contributed by atoms with Gasteiger partial charge in [-0.05, 0) is 43.2 Å². The van der Waals surface area contributed by atoms with E-state index in [2.05, 4.69) is 15.2 Å². The molecule has 1 aromatic rings. The summed E-state index contributed by atoms with van der Waals surface area (Å²) in [4.78, 5) is 6.87. The van der Waals surface area contributed by atoms with Gasteiger partial charge in [0.25, 0.3) is 0 Å². The fraction of sp³-hybridized carbons (Fsp3) is 0.632. The highest BCUT2D eigenvalue weighted by Crippen LogP contribution is 2.47. The number of ether oxygens (including phenoxy) is 2. The summed E-state index contributed by atoms with van der Waals surface area (Å²) in [6.45, 7) is 3.87. The van der Waals surface area contributed by atoms with Crippen LogP contribution in [0.25, 0.3) is 0 Å². The van der Waals surface area contributed by atoms with Gasteiger partial charge in [-0.3, -0.25) is 4.99 Å². The predicted octanol–water partition coefficient (Wildman–Crippen LogP) is 2.92. The number of aliphatic imine (C=N–C) groups is 1. The Morgan fingerprint density at radius 3 is 2.79 bits per heavy atom. The zero-order valence-corrected chi connectivity index (χ0v) is 14.9. The van der Waals surface area contributed by atoms with Crippen molar-refractivity contribution in [1.29, 1.82) is 0 Å². The lowest BCUT2D eigenvalue weighted by atomic mass is 9.68. The SMILES string of the molecule is CN=C(NCCCOc1cccc(OC)c1)N1CCC2(CCC2)C1. The van der Waals surface area contributed by atoms with E-state index in [1.54, 1.807) is 7.11 Å². The third kappa shape index (κ3) is 3.94. The van der Waals surface area contributed by atoms with Crippen LogP contribution in [0.4, 0.5) is 0 Å². The second-order valence-corrected chi connectivity index (χ2v) is 6.88. The molecule has 2 fully saturated rings. The van der Waals surface area contributed by atoms with E-state index in [0.29, 0.717) is 12.0 Å². The van der Waals surface area contributed by atoms with Gasteiger partial charge in [-0.25, -0.2) is 0 Å². The van der Waals surface area contributed by atoms with Crippen LogP contribution in [0.15, 0.2) is 29.3 Å². The minimum absolute atomic E-state index is 0.604. The second-order valence-electron chi connectivity index (χ2n) is 6.88. The van der Waals surface area contributed by atoms with E-state index in [1.807, 2.05) is 31.3 Å². The van der Waals surface area contributed by atoms with Crippen molar-refractivity contribution in [3.63, 3.8) is 0 Å². The van der Waals surface area contributed by atoms with Crippen molar-refractivity contribution >= 4 is 5.96 Å². The van der Waals surface area contributed by atoms with E-state index in [0.717, 1.165) is 37.0 Å². The molecule has 1 aliphatic carbocycles. The van der Waals surface area contributed by atoms with E-state index >= 15 is 0 Å². The summed E-state index contributed by atoms with van der Waals surface area (Å²) in [7, 11) is 3.54. The molecule has 1 saturated carbocycles. The molecule has 0 radical (unpaired) electrons. The number of nitrogens with zero attached hydrogens (tertiary/aromatic N) is 2. The summed E-state index contributed by atoms with van der Waals surface area (Å²) in [5.41, 5.74) is 0.604. The molecule has 0 bridgehead atoms. The van der Waals surface area contributed by atoms with E-state index in [-0.39, 0.29) is 0 Å². The Labute approximate surface area is 145 Å². The number of nitrogens with one attached hydrogen (secondary N) is 1. The molecule has 3 rings (SSSR count). The molecule has 5 heteroatoms. The zero-order valence-electron chi connectivity index (χ0n) is 14.9. The molecule has 1 N–H and O–H groups in total. The van der Waals surface area contributed by atoms with Crippen LogP contribution < -0.4 is 14.8 Å². The van der Waals surface area contributed by atoms with Gasteiger partial charge in [0.15, 0.2) is 5.96 Å². The van der Waals surface area contributed by atoms with Gasteiger partial charge in [-0.2, -0.15) is 0 Å². The fourth-order valence-corrected chi connectivity index (χ4v) is 3.69. The van der Waals surface area contributed by atoms with Crippen LogP contribution in [0.3, 0.4) is 0 Å². The van der Waals surface area contributed by atoms with Gasteiger partial charge in [-0.1, -0.05) is 12.5 Å². The van der Waals surface area contributed by atoms with Gasteiger partial charge in [0.2, 0.25) is 0 Å². The molecule has 0 atom stereocenters. The molecule has 5 nitrogen and oxygen atoms in total. The molecule has 1 aromatic carbocycles. The maximum Gasteiger partial charge on any atom is 0.193 e. The number of guanidine groups is 1. The topological polar surface area (TPSA) is 46.1 Å². The number of likely N-dealkylation sites (tertiary alicyclic amines) is 1. The summed E-state index contributed by atoms with van der Waals surface area (Å²) >= 11 is 0. The largest absolute Gasteiger partial charge is 0.497 e. The summed E-state index contributed by atoms with van der Waals surface area (Å²) < 4.78 is 11.0. The van der Waals surface area contributed by atoms with Gasteiger partial charge in [0.1, 0.15) is 11.5 Å². The standard InChI is InChI=1S/C19H29N3O2/c1-20-18(22-12-10-19(15-22)8-4-9-19)21-11-5-13-24-17-7-3-6-16(14-17)23-2/h3,6-7,14H,4-5,8-13,15H2,1-2H3,(H,20,21). The minimum Gasteiger partial charge on any atom is -0.497 e. The zero-order chi connectivity index (χ0) is 16.8. The number of rotatable bonds is 6. The Morgan fingerprint density at radius 2 is 2.12 bits per heavy atom. The minimum atomic E-state index is 0.604. The highest BCUT2D eigenvalue weighted by molar-refractivity contribution is 5.80. The first-order chi connectivity index (χ1) is 11.7. The van der Waals surface area contributed by atoms with Crippen LogP contribution in [-0.4, -0.2) is 51.3 Å². The van der Waals surface area contributed by atoms with E-state index in [9.17, 15) is 0 Å². The molecule has 1 saturated heterocycles. The average Bonchev–Trinajstić information content (AvgIpc) is 3.04. The summed E-state index contributed by atoms with van der Waals surface area (Å²) in [6.07, 6.45) is 6.47. The monoisotopic (exact) mass is 331 g/mol. The maximum absolute atomic E-state index is 5.78. The van der Waals surface area contributed by atoms with Crippen LogP contribution in [-0.2, 0) is 0 Å². The molecule has 1 aliphatic heterocycles. The van der Waals surface area contributed by atoms with Crippen molar-refractivity contribution in [2.24, 2.45) is 10.4 Å². The van der Waals surface area contributed by atoms with Crippen molar-refractivity contribution in [3.05, 3.63) is 24.3 Å². The normalized spacial score (nSPS) is 19.2. The van der Waals surface area contributed by atoms with Crippen LogP contribution in [0.1, 0.15) is 32.1 Å². The van der Waals surface area contributed by atoms with Crippen molar-refractivity contribution in [1.82, 2.24) is 10.2 Å². The molecule has 2 aliphatic rings. The Balaban J connectivity index is 1.36. The highest BCUT2D eigenvalue weighted by Gasteiger charge is 2.43.